The lowest BCUT2D eigenvalue weighted by atomic mass is 10.2. The van der Waals surface area contributed by atoms with Crippen molar-refractivity contribution in [3.8, 4) is 10.8 Å². The third-order valence-electron chi connectivity index (χ3n) is 3.49. The summed E-state index contributed by atoms with van der Waals surface area (Å²) in [5.41, 5.74) is 0.334. The maximum Gasteiger partial charge on any atom is 0.257 e. The van der Waals surface area contributed by atoms with Gasteiger partial charge in [-0.05, 0) is 35.7 Å². The highest BCUT2D eigenvalue weighted by Crippen LogP contribution is 2.22. The van der Waals surface area contributed by atoms with E-state index in [2.05, 4.69) is 15.5 Å². The molecule has 0 aliphatic heterocycles. The molecule has 1 aromatic carbocycles. The van der Waals surface area contributed by atoms with Gasteiger partial charge < -0.3 is 9.73 Å². The molecule has 0 radical (unpaired) electrons. The fourth-order valence-electron chi connectivity index (χ4n) is 2.07. The fourth-order valence-corrected chi connectivity index (χ4v) is 3.62. The van der Waals surface area contributed by atoms with Crippen LogP contribution >= 0.6 is 11.3 Å². The number of sulfonamides is 1. The molecule has 2 aromatic heterocycles. The van der Waals surface area contributed by atoms with Crippen LogP contribution in [-0.4, -0.2) is 42.9 Å². The van der Waals surface area contributed by atoms with E-state index in [0.717, 1.165) is 9.18 Å². The third kappa shape index (κ3) is 3.82. The minimum absolute atomic E-state index is 0.0783. The van der Waals surface area contributed by atoms with Gasteiger partial charge in [0, 0.05) is 19.7 Å². The molecule has 2 heterocycles. The van der Waals surface area contributed by atoms with Gasteiger partial charge in [-0.25, -0.2) is 12.7 Å². The van der Waals surface area contributed by atoms with E-state index in [1.54, 1.807) is 0 Å². The molecule has 1 N–H and O–H groups in total. The Hall–Kier alpha value is -2.56. The quantitative estimate of drug-likeness (QED) is 0.688. The first-order valence-electron chi connectivity index (χ1n) is 7.55. The molecule has 0 spiro atoms. The van der Waals surface area contributed by atoms with Gasteiger partial charge in [0.25, 0.3) is 11.8 Å². The maximum atomic E-state index is 12.2. The van der Waals surface area contributed by atoms with Crippen LogP contribution < -0.4 is 5.32 Å². The van der Waals surface area contributed by atoms with Crippen molar-refractivity contribution in [2.24, 2.45) is 0 Å². The number of aromatic nitrogens is 2. The van der Waals surface area contributed by atoms with Gasteiger partial charge in [-0.1, -0.05) is 6.07 Å². The number of rotatable bonds is 6. The van der Waals surface area contributed by atoms with Gasteiger partial charge in [0.2, 0.25) is 15.9 Å². The monoisotopic (exact) mass is 392 g/mol. The Balaban J connectivity index is 1.64. The second kappa shape index (κ2) is 7.36. The molecule has 10 heteroatoms. The number of nitrogens with one attached hydrogen (secondary N) is 1. The van der Waals surface area contributed by atoms with Crippen molar-refractivity contribution in [3.05, 3.63) is 53.2 Å². The van der Waals surface area contributed by atoms with Crippen LogP contribution in [0.5, 0.6) is 0 Å². The predicted molar refractivity (Wildman–Crippen MR) is 96.1 cm³/mol. The van der Waals surface area contributed by atoms with E-state index in [4.69, 9.17) is 4.42 Å². The van der Waals surface area contributed by atoms with Gasteiger partial charge in [0.1, 0.15) is 0 Å². The Kier molecular flexibility index (Phi) is 5.16. The smallest absolute Gasteiger partial charge is 0.257 e. The molecule has 0 atom stereocenters. The molecular weight excluding hydrogens is 376 g/mol. The maximum absolute atomic E-state index is 12.2. The van der Waals surface area contributed by atoms with E-state index in [-0.39, 0.29) is 23.2 Å². The number of hydrogen-bond acceptors (Lipinski definition) is 7. The first-order valence-corrected chi connectivity index (χ1v) is 9.87. The van der Waals surface area contributed by atoms with Crippen molar-refractivity contribution in [2.75, 3.05) is 14.1 Å². The van der Waals surface area contributed by atoms with Crippen molar-refractivity contribution in [2.45, 2.75) is 11.4 Å². The summed E-state index contributed by atoms with van der Waals surface area (Å²) >= 11 is 1.48. The van der Waals surface area contributed by atoms with Crippen LogP contribution in [0.15, 0.2) is 51.1 Å². The molecular formula is C16H16N4O4S2. The van der Waals surface area contributed by atoms with Gasteiger partial charge in [-0.15, -0.1) is 21.5 Å². The summed E-state index contributed by atoms with van der Waals surface area (Å²) in [6, 6.07) is 9.45. The largest absolute Gasteiger partial charge is 0.418 e. The zero-order valence-corrected chi connectivity index (χ0v) is 15.7. The van der Waals surface area contributed by atoms with E-state index >= 15 is 0 Å². The number of carbonyl (C=O) groups excluding carboxylic acids is 1. The molecule has 136 valence electrons. The van der Waals surface area contributed by atoms with E-state index in [9.17, 15) is 13.2 Å². The van der Waals surface area contributed by atoms with Crippen molar-refractivity contribution >= 4 is 27.3 Å². The number of thiophene rings is 1. The van der Waals surface area contributed by atoms with Crippen molar-refractivity contribution in [3.63, 3.8) is 0 Å². The first-order chi connectivity index (χ1) is 12.4. The molecule has 3 aromatic rings. The molecule has 0 saturated carbocycles. The second-order valence-corrected chi connectivity index (χ2v) is 8.57. The first kappa shape index (κ1) is 18.2. The van der Waals surface area contributed by atoms with E-state index < -0.39 is 10.0 Å². The highest BCUT2D eigenvalue weighted by atomic mass is 32.2. The van der Waals surface area contributed by atoms with Crippen molar-refractivity contribution in [1.29, 1.82) is 0 Å². The molecule has 0 fully saturated rings. The summed E-state index contributed by atoms with van der Waals surface area (Å²) in [5, 5.41) is 12.4. The van der Waals surface area contributed by atoms with Crippen LogP contribution in [-0.2, 0) is 16.6 Å². The number of carbonyl (C=O) groups is 1. The summed E-state index contributed by atoms with van der Waals surface area (Å²) in [7, 11) is -0.626. The average Bonchev–Trinajstić information content (AvgIpc) is 3.31. The molecule has 0 unspecified atom stereocenters. The number of benzene rings is 1. The Morgan fingerprint density at radius 1 is 1.19 bits per heavy atom. The molecule has 0 aliphatic rings. The Labute approximate surface area is 154 Å². The summed E-state index contributed by atoms with van der Waals surface area (Å²) in [4.78, 5) is 13.2. The van der Waals surface area contributed by atoms with Gasteiger partial charge in [0.15, 0.2) is 0 Å². The lowest BCUT2D eigenvalue weighted by Gasteiger charge is -2.11. The average molecular weight is 392 g/mol. The van der Waals surface area contributed by atoms with Gasteiger partial charge in [0.05, 0.1) is 16.3 Å². The molecule has 3 rings (SSSR count). The van der Waals surface area contributed by atoms with Crippen LogP contribution in [0.4, 0.5) is 0 Å². The van der Waals surface area contributed by atoms with Crippen molar-refractivity contribution < 1.29 is 17.6 Å². The Bertz CT molecular complexity index is 993. The summed E-state index contributed by atoms with van der Waals surface area (Å²) < 4.78 is 30.7. The van der Waals surface area contributed by atoms with Crippen LogP contribution in [0.1, 0.15) is 16.2 Å². The SMILES string of the molecule is CN(C)S(=O)(=O)c1ccc(C(=O)NCc2nnc(-c3cccs3)o2)cc1. The normalized spacial score (nSPS) is 11.7. The standard InChI is InChI=1S/C16H16N4O4S2/c1-20(2)26(22,23)12-7-5-11(6-8-12)15(21)17-10-14-18-19-16(24-14)13-4-3-9-25-13/h3-9H,10H2,1-2H3,(H,17,21). The third-order valence-corrected chi connectivity index (χ3v) is 6.18. The fraction of sp³-hybridized carbons (Fsp3) is 0.188. The molecule has 1 amide bonds. The highest BCUT2D eigenvalue weighted by molar-refractivity contribution is 7.89. The molecule has 0 aliphatic carbocycles. The zero-order chi connectivity index (χ0) is 18.7. The number of hydrogen-bond donors (Lipinski definition) is 1. The summed E-state index contributed by atoms with van der Waals surface area (Å²) in [5.74, 6) is 0.325. The molecule has 0 saturated heterocycles. The van der Waals surface area contributed by atoms with Crippen LogP contribution in [0.25, 0.3) is 10.8 Å². The number of nitrogens with zero attached hydrogens (tertiary/aromatic N) is 3. The van der Waals surface area contributed by atoms with Crippen LogP contribution in [0.3, 0.4) is 0 Å². The van der Waals surface area contributed by atoms with E-state index in [1.165, 1.54) is 49.7 Å². The van der Waals surface area contributed by atoms with Gasteiger partial charge in [-0.3, -0.25) is 4.79 Å². The topological polar surface area (TPSA) is 105 Å². The van der Waals surface area contributed by atoms with Gasteiger partial charge >= 0.3 is 0 Å². The van der Waals surface area contributed by atoms with Crippen molar-refractivity contribution in [1.82, 2.24) is 19.8 Å². The second-order valence-electron chi connectivity index (χ2n) is 5.47. The van der Waals surface area contributed by atoms with E-state index in [1.807, 2.05) is 17.5 Å². The zero-order valence-electron chi connectivity index (χ0n) is 14.0. The summed E-state index contributed by atoms with van der Waals surface area (Å²) in [6.45, 7) is 0.0783. The van der Waals surface area contributed by atoms with Crippen LogP contribution in [0, 0.1) is 0 Å². The lowest BCUT2D eigenvalue weighted by molar-refractivity contribution is 0.0947. The summed E-state index contributed by atoms with van der Waals surface area (Å²) in [6.07, 6.45) is 0. The highest BCUT2D eigenvalue weighted by Gasteiger charge is 2.17. The lowest BCUT2D eigenvalue weighted by Crippen LogP contribution is -2.24. The van der Waals surface area contributed by atoms with Crippen LogP contribution in [0.2, 0.25) is 0 Å². The minimum Gasteiger partial charge on any atom is -0.418 e. The van der Waals surface area contributed by atoms with Gasteiger partial charge in [-0.2, -0.15) is 0 Å². The number of amides is 1. The minimum atomic E-state index is -3.52. The van der Waals surface area contributed by atoms with E-state index in [0.29, 0.717) is 11.5 Å². The molecule has 26 heavy (non-hydrogen) atoms. The molecule has 0 bridgehead atoms. The molecule has 8 nitrogen and oxygen atoms in total. The Morgan fingerprint density at radius 2 is 1.92 bits per heavy atom. The Morgan fingerprint density at radius 3 is 2.54 bits per heavy atom. The predicted octanol–water partition coefficient (Wildman–Crippen LogP) is 1.98.